The quantitative estimate of drug-likeness (QED) is 0.802. The fourth-order valence-electron chi connectivity index (χ4n) is 2.91. The van der Waals surface area contributed by atoms with Crippen molar-refractivity contribution in [3.05, 3.63) is 63.1 Å². The van der Waals surface area contributed by atoms with Gasteiger partial charge < -0.3 is 10.2 Å². The summed E-state index contributed by atoms with van der Waals surface area (Å²) in [5.41, 5.74) is 1.10. The molecule has 27 heavy (non-hydrogen) atoms. The fraction of sp³-hybridized carbons (Fsp3) is 0.263. The van der Waals surface area contributed by atoms with E-state index in [1.165, 1.54) is 0 Å². The molecule has 2 amide bonds. The number of piperazine rings is 1. The van der Waals surface area contributed by atoms with Gasteiger partial charge in [-0.2, -0.15) is 0 Å². The van der Waals surface area contributed by atoms with E-state index >= 15 is 0 Å². The molecule has 3 rings (SSSR count). The summed E-state index contributed by atoms with van der Waals surface area (Å²) in [4.78, 5) is 28.6. The van der Waals surface area contributed by atoms with Gasteiger partial charge in [0.1, 0.15) is 0 Å². The molecule has 142 valence electrons. The summed E-state index contributed by atoms with van der Waals surface area (Å²) >= 11 is 17.9. The van der Waals surface area contributed by atoms with E-state index < -0.39 is 0 Å². The van der Waals surface area contributed by atoms with Crippen molar-refractivity contribution < 1.29 is 9.59 Å². The number of halogens is 3. The molecule has 0 aromatic heterocycles. The monoisotopic (exact) mass is 425 g/mol. The van der Waals surface area contributed by atoms with Crippen LogP contribution in [-0.4, -0.2) is 54.3 Å². The average molecular weight is 427 g/mol. The number of hydrogen-bond acceptors (Lipinski definition) is 3. The van der Waals surface area contributed by atoms with E-state index in [2.05, 4.69) is 5.32 Å². The third kappa shape index (κ3) is 5.36. The first-order valence-electron chi connectivity index (χ1n) is 8.44. The summed E-state index contributed by atoms with van der Waals surface area (Å²) < 4.78 is 0. The molecule has 1 fully saturated rings. The van der Waals surface area contributed by atoms with E-state index in [-0.39, 0.29) is 18.4 Å². The van der Waals surface area contributed by atoms with Crippen LogP contribution >= 0.6 is 34.8 Å². The Balaban J connectivity index is 1.51. The van der Waals surface area contributed by atoms with E-state index in [0.717, 1.165) is 0 Å². The minimum absolute atomic E-state index is 0.113. The number of anilines is 1. The molecular weight excluding hydrogens is 409 g/mol. The second-order valence-electron chi connectivity index (χ2n) is 6.25. The third-order valence-corrected chi connectivity index (χ3v) is 5.08. The number of carbonyl (C=O) groups excluding carboxylic acids is 2. The summed E-state index contributed by atoms with van der Waals surface area (Å²) in [5, 5.41) is 4.23. The van der Waals surface area contributed by atoms with Gasteiger partial charge in [0.05, 0.1) is 17.1 Å². The Hall–Kier alpha value is -1.79. The molecule has 5 nitrogen and oxygen atoms in total. The zero-order valence-corrected chi connectivity index (χ0v) is 16.7. The maximum Gasteiger partial charge on any atom is 0.255 e. The first-order valence-corrected chi connectivity index (χ1v) is 9.58. The molecule has 0 radical (unpaired) electrons. The van der Waals surface area contributed by atoms with Crippen molar-refractivity contribution in [1.29, 1.82) is 0 Å². The number of amides is 2. The molecule has 0 bridgehead atoms. The Kier molecular flexibility index (Phi) is 6.60. The summed E-state index contributed by atoms with van der Waals surface area (Å²) in [6.45, 7) is 2.54. The second kappa shape index (κ2) is 8.93. The van der Waals surface area contributed by atoms with Gasteiger partial charge in [0.25, 0.3) is 5.91 Å². The van der Waals surface area contributed by atoms with Crippen LogP contribution in [0, 0.1) is 0 Å². The molecule has 1 saturated heterocycles. The van der Waals surface area contributed by atoms with E-state index in [1.54, 1.807) is 47.4 Å². The third-order valence-electron chi connectivity index (χ3n) is 4.30. The van der Waals surface area contributed by atoms with Gasteiger partial charge in [-0.15, -0.1) is 0 Å². The highest BCUT2D eigenvalue weighted by Gasteiger charge is 2.24. The highest BCUT2D eigenvalue weighted by Crippen LogP contribution is 2.23. The Labute approximate surface area is 172 Å². The van der Waals surface area contributed by atoms with Gasteiger partial charge in [0.2, 0.25) is 5.91 Å². The lowest BCUT2D eigenvalue weighted by molar-refractivity contribution is -0.117. The largest absolute Gasteiger partial charge is 0.336 e. The predicted molar refractivity (Wildman–Crippen MR) is 109 cm³/mol. The minimum atomic E-state index is -0.125. The van der Waals surface area contributed by atoms with Crippen LogP contribution in [0.1, 0.15) is 10.4 Å². The fourth-order valence-corrected chi connectivity index (χ4v) is 3.59. The van der Waals surface area contributed by atoms with Crippen LogP contribution < -0.4 is 5.32 Å². The zero-order chi connectivity index (χ0) is 19.4. The Morgan fingerprint density at radius 2 is 1.63 bits per heavy atom. The molecule has 1 heterocycles. The second-order valence-corrected chi connectivity index (χ2v) is 7.53. The molecule has 0 spiro atoms. The average Bonchev–Trinajstić information content (AvgIpc) is 2.62. The highest BCUT2D eigenvalue weighted by molar-refractivity contribution is 6.36. The van der Waals surface area contributed by atoms with Gasteiger partial charge in [0, 0.05) is 41.9 Å². The Morgan fingerprint density at radius 3 is 2.30 bits per heavy atom. The SMILES string of the molecule is O=C(CN1CCN(C(=O)c2ccc(Cl)cc2Cl)CC1)Nc1cccc(Cl)c1. The van der Waals surface area contributed by atoms with Gasteiger partial charge in [-0.1, -0.05) is 40.9 Å². The highest BCUT2D eigenvalue weighted by atomic mass is 35.5. The molecule has 2 aromatic carbocycles. The first-order chi connectivity index (χ1) is 12.9. The summed E-state index contributed by atoms with van der Waals surface area (Å²) in [6, 6.07) is 11.9. The maximum atomic E-state index is 12.6. The predicted octanol–water partition coefficient (Wildman–Crippen LogP) is 4.04. The summed E-state index contributed by atoms with van der Waals surface area (Å²) in [5.74, 6) is -0.238. The molecular formula is C19H18Cl3N3O2. The summed E-state index contributed by atoms with van der Waals surface area (Å²) in [7, 11) is 0. The number of benzene rings is 2. The van der Waals surface area contributed by atoms with Gasteiger partial charge in [0.15, 0.2) is 0 Å². The molecule has 0 atom stereocenters. The summed E-state index contributed by atoms with van der Waals surface area (Å²) in [6.07, 6.45) is 0. The van der Waals surface area contributed by atoms with Gasteiger partial charge in [-0.3, -0.25) is 14.5 Å². The smallest absolute Gasteiger partial charge is 0.255 e. The van der Waals surface area contributed by atoms with Crippen molar-refractivity contribution in [2.24, 2.45) is 0 Å². The van der Waals surface area contributed by atoms with Crippen molar-refractivity contribution in [2.45, 2.75) is 0 Å². The van der Waals surface area contributed by atoms with Crippen LogP contribution in [0.25, 0.3) is 0 Å². The molecule has 1 aliphatic rings. The molecule has 1 N–H and O–H groups in total. The topological polar surface area (TPSA) is 52.7 Å². The number of rotatable bonds is 4. The van der Waals surface area contributed by atoms with Crippen molar-refractivity contribution in [1.82, 2.24) is 9.80 Å². The van der Waals surface area contributed by atoms with Gasteiger partial charge in [-0.25, -0.2) is 0 Å². The van der Waals surface area contributed by atoms with Crippen molar-refractivity contribution in [3.8, 4) is 0 Å². The van der Waals surface area contributed by atoms with E-state index in [4.69, 9.17) is 34.8 Å². The van der Waals surface area contributed by atoms with Crippen LogP contribution in [0.4, 0.5) is 5.69 Å². The number of nitrogens with one attached hydrogen (secondary N) is 1. The number of carbonyl (C=O) groups is 2. The molecule has 8 heteroatoms. The standard InChI is InChI=1S/C19H18Cl3N3O2/c20-13-2-1-3-15(10-13)23-18(26)12-24-6-8-25(9-7-24)19(27)16-5-4-14(21)11-17(16)22/h1-5,10-11H,6-9,12H2,(H,23,26). The minimum Gasteiger partial charge on any atom is -0.336 e. The maximum absolute atomic E-state index is 12.6. The molecule has 1 aliphatic heterocycles. The van der Waals surface area contributed by atoms with E-state index in [9.17, 15) is 9.59 Å². The van der Waals surface area contributed by atoms with Crippen LogP contribution in [-0.2, 0) is 4.79 Å². The zero-order valence-electron chi connectivity index (χ0n) is 14.4. The molecule has 0 aliphatic carbocycles. The van der Waals surface area contributed by atoms with Crippen LogP contribution in [0.2, 0.25) is 15.1 Å². The van der Waals surface area contributed by atoms with Crippen LogP contribution in [0.3, 0.4) is 0 Å². The van der Waals surface area contributed by atoms with Gasteiger partial charge >= 0.3 is 0 Å². The lowest BCUT2D eigenvalue weighted by Crippen LogP contribution is -2.50. The molecule has 2 aromatic rings. The van der Waals surface area contributed by atoms with Gasteiger partial charge in [-0.05, 0) is 36.4 Å². The van der Waals surface area contributed by atoms with Crippen molar-refractivity contribution >= 4 is 52.3 Å². The normalized spacial score (nSPS) is 14.9. The van der Waals surface area contributed by atoms with Crippen LogP contribution in [0.5, 0.6) is 0 Å². The van der Waals surface area contributed by atoms with Crippen LogP contribution in [0.15, 0.2) is 42.5 Å². The molecule has 0 unspecified atom stereocenters. The number of nitrogens with zero attached hydrogens (tertiary/aromatic N) is 2. The molecule has 0 saturated carbocycles. The van der Waals surface area contributed by atoms with E-state index in [1.807, 2.05) is 4.90 Å². The van der Waals surface area contributed by atoms with Crippen molar-refractivity contribution in [3.63, 3.8) is 0 Å². The Morgan fingerprint density at radius 1 is 0.926 bits per heavy atom. The lowest BCUT2D eigenvalue weighted by atomic mass is 10.1. The first kappa shape index (κ1) is 20.0. The lowest BCUT2D eigenvalue weighted by Gasteiger charge is -2.34. The van der Waals surface area contributed by atoms with E-state index in [0.29, 0.717) is 52.5 Å². The number of hydrogen-bond donors (Lipinski definition) is 1. The van der Waals surface area contributed by atoms with Crippen molar-refractivity contribution in [2.75, 3.05) is 38.0 Å². The Bertz CT molecular complexity index is 852.